The minimum Gasteiger partial charge on any atom is -0.490 e. The number of urea groups is 1. The first kappa shape index (κ1) is 26.2. The summed E-state index contributed by atoms with van der Waals surface area (Å²) in [6.45, 7) is 4.47. The third-order valence-electron chi connectivity index (χ3n) is 6.26. The molecule has 0 bridgehead atoms. The highest BCUT2D eigenvalue weighted by molar-refractivity contribution is 9.10. The summed E-state index contributed by atoms with van der Waals surface area (Å²) in [5.74, 6) is -0.512. The van der Waals surface area contributed by atoms with E-state index in [2.05, 4.69) is 45.5 Å². The summed E-state index contributed by atoms with van der Waals surface area (Å²) in [4.78, 5) is 39.4. The number of aryl methyl sites for hydroxylation is 1. The number of anilines is 1. The molecular weight excluding hydrogens is 560 g/mol. The summed E-state index contributed by atoms with van der Waals surface area (Å²) in [5.41, 5.74) is 2.69. The summed E-state index contributed by atoms with van der Waals surface area (Å²) in [7, 11) is 0. The zero-order valence-electron chi connectivity index (χ0n) is 21.4. The molecule has 8 heteroatoms. The lowest BCUT2D eigenvalue weighted by Crippen LogP contribution is -2.54. The topological polar surface area (TPSA) is 84.9 Å². The molecule has 1 saturated heterocycles. The number of fused-ring (bicyclic) bond motifs is 1. The van der Waals surface area contributed by atoms with Gasteiger partial charge in [-0.05, 0) is 72.2 Å². The molecule has 5 rings (SSSR count). The van der Waals surface area contributed by atoms with Crippen LogP contribution >= 0.6 is 15.9 Å². The van der Waals surface area contributed by atoms with Gasteiger partial charge in [-0.3, -0.25) is 14.9 Å². The minimum atomic E-state index is -0.794. The summed E-state index contributed by atoms with van der Waals surface area (Å²) in [6.07, 6.45) is 1.44. The Balaban J connectivity index is 1.44. The summed E-state index contributed by atoms with van der Waals surface area (Å²) < 4.78 is 12.5. The smallest absolute Gasteiger partial charge is 0.335 e. The van der Waals surface area contributed by atoms with Crippen molar-refractivity contribution in [2.24, 2.45) is 0 Å². The monoisotopic (exact) mass is 584 g/mol. The quantitative estimate of drug-likeness (QED) is 0.196. The Labute approximate surface area is 234 Å². The zero-order chi connectivity index (χ0) is 27.5. The maximum absolute atomic E-state index is 13.3. The normalized spacial score (nSPS) is 14.6. The highest BCUT2D eigenvalue weighted by atomic mass is 79.9. The first-order valence-electron chi connectivity index (χ1n) is 12.4. The Bertz CT molecular complexity index is 1630. The summed E-state index contributed by atoms with van der Waals surface area (Å²) >= 11 is 3.53. The van der Waals surface area contributed by atoms with Gasteiger partial charge in [-0.25, -0.2) is 9.69 Å². The molecule has 1 N–H and O–H groups in total. The molecule has 7 nitrogen and oxygen atoms in total. The number of rotatable bonds is 7. The second-order valence-corrected chi connectivity index (χ2v) is 9.87. The number of barbiturate groups is 1. The highest BCUT2D eigenvalue weighted by Gasteiger charge is 2.37. The lowest BCUT2D eigenvalue weighted by Gasteiger charge is -2.26. The number of carbonyl (C=O) groups excluding carboxylic acids is 3. The molecule has 4 aromatic rings. The fourth-order valence-corrected chi connectivity index (χ4v) is 4.71. The van der Waals surface area contributed by atoms with Gasteiger partial charge in [0.15, 0.2) is 11.5 Å². The molecular formula is C31H25BrN2O5. The maximum Gasteiger partial charge on any atom is 0.335 e. The van der Waals surface area contributed by atoms with Gasteiger partial charge in [0.2, 0.25) is 0 Å². The molecule has 196 valence electrons. The molecule has 0 atom stereocenters. The average Bonchev–Trinajstić information content (AvgIpc) is 2.92. The van der Waals surface area contributed by atoms with Gasteiger partial charge in [0.1, 0.15) is 12.2 Å². The van der Waals surface area contributed by atoms with Crippen molar-refractivity contribution in [3.05, 3.63) is 106 Å². The van der Waals surface area contributed by atoms with E-state index in [-0.39, 0.29) is 5.57 Å². The van der Waals surface area contributed by atoms with Crippen LogP contribution in [0.2, 0.25) is 0 Å². The molecule has 1 aliphatic rings. The van der Waals surface area contributed by atoms with Crippen LogP contribution in [0.4, 0.5) is 10.5 Å². The second kappa shape index (κ2) is 11.1. The van der Waals surface area contributed by atoms with E-state index >= 15 is 0 Å². The SMILES string of the molecule is CCOc1cc(/C=C2\C(=O)NC(=O)N(c3ccc(C)cc3)C2=O)c(Br)cc1OCc1ccc2ccccc2c1. The first-order chi connectivity index (χ1) is 18.8. The third kappa shape index (κ3) is 5.56. The minimum absolute atomic E-state index is 0.178. The number of halogens is 1. The number of nitrogens with one attached hydrogen (secondary N) is 1. The van der Waals surface area contributed by atoms with E-state index in [0.29, 0.717) is 40.4 Å². The van der Waals surface area contributed by atoms with E-state index in [9.17, 15) is 14.4 Å². The van der Waals surface area contributed by atoms with Crippen molar-refractivity contribution in [2.45, 2.75) is 20.5 Å². The number of benzene rings is 4. The Kier molecular flexibility index (Phi) is 7.47. The van der Waals surface area contributed by atoms with Crippen LogP contribution in [-0.4, -0.2) is 24.5 Å². The molecule has 0 saturated carbocycles. The number of ether oxygens (including phenoxy) is 2. The van der Waals surface area contributed by atoms with E-state index in [4.69, 9.17) is 9.47 Å². The van der Waals surface area contributed by atoms with Gasteiger partial charge in [0.25, 0.3) is 11.8 Å². The fraction of sp³-hybridized carbons (Fsp3) is 0.129. The van der Waals surface area contributed by atoms with Crippen molar-refractivity contribution in [1.82, 2.24) is 5.32 Å². The van der Waals surface area contributed by atoms with Gasteiger partial charge in [-0.1, -0.05) is 70.0 Å². The molecule has 4 aromatic carbocycles. The molecule has 0 unspecified atom stereocenters. The summed E-state index contributed by atoms with van der Waals surface area (Å²) in [5, 5.41) is 4.53. The second-order valence-electron chi connectivity index (χ2n) is 9.02. The van der Waals surface area contributed by atoms with Gasteiger partial charge in [-0.15, -0.1) is 0 Å². The van der Waals surface area contributed by atoms with Crippen LogP contribution in [0.15, 0.2) is 88.9 Å². The van der Waals surface area contributed by atoms with Crippen molar-refractivity contribution < 1.29 is 23.9 Å². The van der Waals surface area contributed by atoms with Crippen molar-refractivity contribution in [1.29, 1.82) is 0 Å². The molecule has 0 aromatic heterocycles. The number of hydrogen-bond donors (Lipinski definition) is 1. The molecule has 39 heavy (non-hydrogen) atoms. The fourth-order valence-electron chi connectivity index (χ4n) is 4.27. The molecule has 0 spiro atoms. The molecule has 0 radical (unpaired) electrons. The van der Waals surface area contributed by atoms with Crippen LogP contribution in [0.1, 0.15) is 23.6 Å². The zero-order valence-corrected chi connectivity index (χ0v) is 22.9. The van der Waals surface area contributed by atoms with E-state index < -0.39 is 17.8 Å². The van der Waals surface area contributed by atoms with Crippen LogP contribution in [-0.2, 0) is 16.2 Å². The Morgan fingerprint density at radius 2 is 1.59 bits per heavy atom. The third-order valence-corrected chi connectivity index (χ3v) is 6.95. The van der Waals surface area contributed by atoms with Gasteiger partial charge < -0.3 is 9.47 Å². The Morgan fingerprint density at radius 1 is 0.872 bits per heavy atom. The van der Waals surface area contributed by atoms with Gasteiger partial charge in [0, 0.05) is 4.47 Å². The number of amides is 4. The average molecular weight is 585 g/mol. The first-order valence-corrected chi connectivity index (χ1v) is 13.2. The summed E-state index contributed by atoms with van der Waals surface area (Å²) in [6, 6.07) is 23.8. The highest BCUT2D eigenvalue weighted by Crippen LogP contribution is 2.36. The van der Waals surface area contributed by atoms with Crippen molar-refractivity contribution in [2.75, 3.05) is 11.5 Å². The van der Waals surface area contributed by atoms with Crippen molar-refractivity contribution in [3.8, 4) is 11.5 Å². The van der Waals surface area contributed by atoms with E-state index in [1.165, 1.54) is 6.08 Å². The lowest BCUT2D eigenvalue weighted by atomic mass is 10.1. The molecule has 4 amide bonds. The number of carbonyl (C=O) groups is 3. The van der Waals surface area contributed by atoms with Gasteiger partial charge in [-0.2, -0.15) is 0 Å². The van der Waals surface area contributed by atoms with Crippen molar-refractivity contribution >= 4 is 56.3 Å². The largest absolute Gasteiger partial charge is 0.490 e. The molecule has 0 aliphatic carbocycles. The van der Waals surface area contributed by atoms with E-state index in [0.717, 1.165) is 26.8 Å². The molecule has 1 aliphatic heterocycles. The van der Waals surface area contributed by atoms with Crippen LogP contribution in [0.25, 0.3) is 16.8 Å². The van der Waals surface area contributed by atoms with Crippen LogP contribution in [0.3, 0.4) is 0 Å². The Hall–Kier alpha value is -4.43. The maximum atomic E-state index is 13.3. The Morgan fingerprint density at radius 3 is 2.33 bits per heavy atom. The van der Waals surface area contributed by atoms with Crippen molar-refractivity contribution in [3.63, 3.8) is 0 Å². The predicted octanol–water partition coefficient (Wildman–Crippen LogP) is 6.55. The van der Waals surface area contributed by atoms with Gasteiger partial charge >= 0.3 is 6.03 Å². The molecule has 1 heterocycles. The van der Waals surface area contributed by atoms with Crippen LogP contribution in [0, 0.1) is 6.92 Å². The number of imide groups is 2. The van der Waals surface area contributed by atoms with E-state index in [1.807, 2.05) is 32.0 Å². The van der Waals surface area contributed by atoms with Crippen LogP contribution < -0.4 is 19.7 Å². The van der Waals surface area contributed by atoms with Gasteiger partial charge in [0.05, 0.1) is 12.3 Å². The number of nitrogens with zero attached hydrogens (tertiary/aromatic N) is 1. The van der Waals surface area contributed by atoms with E-state index in [1.54, 1.807) is 36.4 Å². The standard InChI is InChI=1S/C31H25BrN2O5/c1-3-38-27-16-23(15-25-29(35)33-31(37)34(30(25)36)24-12-8-19(2)9-13-24)26(32)17-28(27)39-18-20-10-11-21-6-4-5-7-22(21)14-20/h4-17H,3,18H2,1-2H3,(H,33,35,37)/b25-15+. The predicted molar refractivity (Wildman–Crippen MR) is 154 cm³/mol. The number of hydrogen-bond acceptors (Lipinski definition) is 5. The van der Waals surface area contributed by atoms with Crippen LogP contribution in [0.5, 0.6) is 11.5 Å². The molecule has 1 fully saturated rings. The lowest BCUT2D eigenvalue weighted by molar-refractivity contribution is -0.122.